The van der Waals surface area contributed by atoms with Crippen molar-refractivity contribution in [2.45, 2.75) is 27.2 Å². The molecule has 0 bridgehead atoms. The van der Waals surface area contributed by atoms with Gasteiger partial charge in [-0.3, -0.25) is 4.79 Å². The van der Waals surface area contributed by atoms with Crippen molar-refractivity contribution < 1.29 is 24.3 Å². The number of aromatic nitrogens is 6. The maximum absolute atomic E-state index is 11.9. The summed E-state index contributed by atoms with van der Waals surface area (Å²) in [5.74, 6) is 1.81. The molecule has 1 aliphatic heterocycles. The second-order valence-corrected chi connectivity index (χ2v) is 15.6. The van der Waals surface area contributed by atoms with Crippen molar-refractivity contribution in [3.8, 4) is 33.8 Å². The van der Waals surface area contributed by atoms with Gasteiger partial charge in [0.15, 0.2) is 0 Å². The Balaban J connectivity index is 0.000000176. The number of hydrogen-bond acceptors (Lipinski definition) is 11. The lowest BCUT2D eigenvalue weighted by Crippen LogP contribution is -2.29. The molecular formula is C53H53BBrN7O5. The predicted octanol–water partition coefficient (Wildman–Crippen LogP) is 10.1. The standard InChI is InChI=1S/C21H19N3O.C15H12N2O.C9H7BrN2O.C6H7BO2.2CH4/c1-2-20(25)24-9-8-16(13-24)19-11-17(15-6-4-3-5-7-15)10-18-12-22-14-23-21(18)19;1-18-14-8-12(11-5-3-2-4-6-11)7-13-9-16-10-17-15(13)14;1-13-8-3-7(10)2-6-4-11-5-12-9(6)8;8-7(9)6-4-2-1-3-5-6;;/h2-7,10-12,14,16H,1,8-9,13H2;2-10H,1H3;2-5H,1H3;1-5,8-9H;2*1H4. The van der Waals surface area contributed by atoms with Crippen molar-refractivity contribution in [3.05, 3.63) is 188 Å². The summed E-state index contributed by atoms with van der Waals surface area (Å²) < 4.78 is 11.6. The number of methoxy groups -OCH3 is 2. The molecule has 0 saturated carbocycles. The third kappa shape index (κ3) is 12.9. The van der Waals surface area contributed by atoms with E-state index in [-0.39, 0.29) is 26.7 Å². The number of amides is 1. The quantitative estimate of drug-likeness (QED) is 0.116. The summed E-state index contributed by atoms with van der Waals surface area (Å²) in [4.78, 5) is 38.9. The number of benzene rings is 6. The van der Waals surface area contributed by atoms with Gasteiger partial charge in [0.05, 0.1) is 19.7 Å². The molecule has 6 aromatic carbocycles. The molecule has 1 atom stereocenters. The number of ether oxygens (including phenoxy) is 2. The van der Waals surface area contributed by atoms with Crippen LogP contribution in [0.1, 0.15) is 32.8 Å². The summed E-state index contributed by atoms with van der Waals surface area (Å²) >= 11 is 3.39. The Hall–Kier alpha value is -7.39. The van der Waals surface area contributed by atoms with E-state index in [1.165, 1.54) is 29.9 Å². The summed E-state index contributed by atoms with van der Waals surface area (Å²) in [6.45, 7) is 5.07. The molecule has 0 spiro atoms. The molecule has 3 aromatic heterocycles. The number of likely N-dealkylation sites (tertiary alicyclic amines) is 1. The second kappa shape index (κ2) is 24.8. The fourth-order valence-electron chi connectivity index (χ4n) is 7.42. The molecule has 14 heteroatoms. The van der Waals surface area contributed by atoms with Gasteiger partial charge >= 0.3 is 7.12 Å². The van der Waals surface area contributed by atoms with Crippen LogP contribution in [-0.2, 0) is 4.79 Å². The molecule has 0 aliphatic carbocycles. The molecule has 4 heterocycles. The Morgan fingerprint density at radius 3 is 1.61 bits per heavy atom. The zero-order valence-corrected chi connectivity index (χ0v) is 37.4. The molecular weight excluding hydrogens is 905 g/mol. The number of carbonyl (C=O) groups is 1. The first-order valence-corrected chi connectivity index (χ1v) is 21.4. The minimum absolute atomic E-state index is 0. The van der Waals surface area contributed by atoms with Gasteiger partial charge < -0.3 is 24.4 Å². The molecule has 10 rings (SSSR count). The van der Waals surface area contributed by atoms with Gasteiger partial charge in [-0.05, 0) is 82.2 Å². The average molecular weight is 959 g/mol. The number of fused-ring (bicyclic) bond motifs is 3. The molecule has 1 amide bonds. The highest BCUT2D eigenvalue weighted by Gasteiger charge is 2.28. The largest absolute Gasteiger partial charge is 0.494 e. The zero-order chi connectivity index (χ0) is 45.5. The zero-order valence-electron chi connectivity index (χ0n) is 35.8. The van der Waals surface area contributed by atoms with Crippen LogP contribution in [0.2, 0.25) is 0 Å². The van der Waals surface area contributed by atoms with E-state index in [0.29, 0.717) is 12.0 Å². The number of hydrogen-bond donors (Lipinski definition) is 2. The number of nitrogens with zero attached hydrogens (tertiary/aromatic N) is 7. The summed E-state index contributed by atoms with van der Waals surface area (Å²) in [6, 6.07) is 41.4. The van der Waals surface area contributed by atoms with E-state index in [9.17, 15) is 4.79 Å². The Bertz CT molecular complexity index is 3010. The van der Waals surface area contributed by atoms with Gasteiger partial charge in [0, 0.05) is 58.2 Å². The molecule has 0 radical (unpaired) electrons. The summed E-state index contributed by atoms with van der Waals surface area (Å²) in [7, 11) is 1.95. The molecule has 12 nitrogen and oxygen atoms in total. The van der Waals surface area contributed by atoms with Gasteiger partial charge in [0.25, 0.3) is 0 Å². The van der Waals surface area contributed by atoms with Crippen molar-refractivity contribution >= 4 is 67.1 Å². The highest BCUT2D eigenvalue weighted by molar-refractivity contribution is 9.10. The molecule has 340 valence electrons. The van der Waals surface area contributed by atoms with Crippen molar-refractivity contribution in [1.82, 2.24) is 34.8 Å². The van der Waals surface area contributed by atoms with E-state index >= 15 is 0 Å². The van der Waals surface area contributed by atoms with Crippen molar-refractivity contribution in [2.75, 3.05) is 27.3 Å². The first-order chi connectivity index (χ1) is 31.8. The van der Waals surface area contributed by atoms with Crippen molar-refractivity contribution in [2.24, 2.45) is 0 Å². The van der Waals surface area contributed by atoms with Crippen LogP contribution < -0.4 is 14.9 Å². The monoisotopic (exact) mass is 957 g/mol. The Kier molecular flexibility index (Phi) is 18.7. The average Bonchev–Trinajstić information content (AvgIpc) is 3.87. The second-order valence-electron chi connectivity index (χ2n) is 14.7. The first-order valence-electron chi connectivity index (χ1n) is 20.6. The molecule has 1 saturated heterocycles. The van der Waals surface area contributed by atoms with Gasteiger partial charge in [-0.2, -0.15) is 0 Å². The van der Waals surface area contributed by atoms with Crippen LogP contribution in [0, 0.1) is 0 Å². The Morgan fingerprint density at radius 2 is 1.12 bits per heavy atom. The van der Waals surface area contributed by atoms with Crippen molar-refractivity contribution in [1.29, 1.82) is 0 Å². The molecule has 9 aromatic rings. The Morgan fingerprint density at radius 1 is 0.657 bits per heavy atom. The van der Waals surface area contributed by atoms with E-state index < -0.39 is 7.12 Å². The van der Waals surface area contributed by atoms with E-state index in [2.05, 4.69) is 94.9 Å². The maximum atomic E-state index is 11.9. The summed E-state index contributed by atoms with van der Waals surface area (Å²) in [6.07, 6.45) is 12.4. The highest BCUT2D eigenvalue weighted by Crippen LogP contribution is 2.36. The first kappa shape index (κ1) is 50.6. The summed E-state index contributed by atoms with van der Waals surface area (Å²) in [5.41, 5.74) is 8.96. The smallest absolute Gasteiger partial charge is 0.488 e. The minimum Gasteiger partial charge on any atom is -0.494 e. The maximum Gasteiger partial charge on any atom is 0.488 e. The van der Waals surface area contributed by atoms with Gasteiger partial charge in [0.1, 0.15) is 41.5 Å². The summed E-state index contributed by atoms with van der Waals surface area (Å²) in [5, 5.41) is 20.1. The third-order valence-electron chi connectivity index (χ3n) is 10.6. The number of halogens is 1. The van der Waals surface area contributed by atoms with Crippen molar-refractivity contribution in [3.63, 3.8) is 0 Å². The van der Waals surface area contributed by atoms with E-state index in [4.69, 9.17) is 19.5 Å². The molecule has 1 fully saturated rings. The predicted molar refractivity (Wildman–Crippen MR) is 274 cm³/mol. The Labute approximate surface area is 400 Å². The minimum atomic E-state index is -1.34. The lowest BCUT2D eigenvalue weighted by Gasteiger charge is -2.17. The van der Waals surface area contributed by atoms with Gasteiger partial charge in [-0.15, -0.1) is 0 Å². The van der Waals surface area contributed by atoms with Gasteiger partial charge in [0.2, 0.25) is 5.91 Å². The van der Waals surface area contributed by atoms with Crippen LogP contribution in [0.4, 0.5) is 0 Å². The van der Waals surface area contributed by atoms with Gasteiger partial charge in [-0.25, -0.2) is 29.9 Å². The van der Waals surface area contributed by atoms with Crippen LogP contribution in [0.3, 0.4) is 0 Å². The van der Waals surface area contributed by atoms with Crippen LogP contribution in [-0.4, -0.2) is 85.2 Å². The van der Waals surface area contributed by atoms with E-state index in [1.54, 1.807) is 57.2 Å². The van der Waals surface area contributed by atoms with Gasteiger partial charge in [-0.1, -0.05) is 128 Å². The molecule has 1 aliphatic rings. The SMILES string of the molecule is C.C.C=CC(=O)N1CCC(c2cc(-c3ccccc3)cc3cncnc23)C1.COc1cc(-c2ccccc2)cc2cncnc12.COc1cc(Br)cc2cncnc12.OB(O)c1ccccc1. The number of carbonyl (C=O) groups excluding carboxylic acids is 1. The lowest BCUT2D eigenvalue weighted by atomic mass is 9.81. The molecule has 67 heavy (non-hydrogen) atoms. The molecule has 1 unspecified atom stereocenters. The number of rotatable bonds is 7. The normalized spacial score (nSPS) is 12.4. The fourth-order valence-corrected chi connectivity index (χ4v) is 7.88. The third-order valence-corrected chi connectivity index (χ3v) is 11.1. The topological polar surface area (TPSA) is 157 Å². The lowest BCUT2D eigenvalue weighted by molar-refractivity contribution is -0.125. The van der Waals surface area contributed by atoms with Crippen LogP contribution in [0.25, 0.3) is 55.0 Å². The van der Waals surface area contributed by atoms with Crippen LogP contribution in [0.5, 0.6) is 11.5 Å². The molecule has 2 N–H and O–H groups in total. The highest BCUT2D eigenvalue weighted by atomic mass is 79.9. The van der Waals surface area contributed by atoms with E-state index in [0.717, 1.165) is 78.3 Å². The fraction of sp³-hybridized carbons (Fsp3) is 0.151. The van der Waals surface area contributed by atoms with E-state index in [1.807, 2.05) is 71.8 Å². The van der Waals surface area contributed by atoms with Crippen LogP contribution in [0.15, 0.2) is 182 Å². The van der Waals surface area contributed by atoms with Crippen LogP contribution >= 0.6 is 15.9 Å².